The summed E-state index contributed by atoms with van der Waals surface area (Å²) in [7, 11) is -3.78. The fourth-order valence-electron chi connectivity index (χ4n) is 2.31. The van der Waals surface area contributed by atoms with E-state index in [9.17, 15) is 8.42 Å². The molecule has 4 N–H and O–H groups in total. The van der Waals surface area contributed by atoms with Crippen LogP contribution in [0.3, 0.4) is 0 Å². The molecule has 3 rings (SSSR count). The van der Waals surface area contributed by atoms with Crippen molar-refractivity contribution in [2.75, 3.05) is 11.0 Å². The lowest BCUT2D eigenvalue weighted by atomic mass is 10.1. The number of halogens is 1. The second-order valence-corrected chi connectivity index (χ2v) is 9.94. The fourth-order valence-corrected chi connectivity index (χ4v) is 5.38. The second kappa shape index (κ2) is 6.99. The molecule has 0 aliphatic rings. The van der Waals surface area contributed by atoms with E-state index in [0.717, 1.165) is 19.5 Å². The summed E-state index contributed by atoms with van der Waals surface area (Å²) in [5, 5.41) is 9.41. The summed E-state index contributed by atoms with van der Waals surface area (Å²) in [6.45, 7) is 0. The first-order valence-electron chi connectivity index (χ1n) is 7.04. The summed E-state index contributed by atoms with van der Waals surface area (Å²) in [4.78, 5) is 0.575. The number of hydrogen-bond acceptors (Lipinski definition) is 5. The van der Waals surface area contributed by atoms with Crippen molar-refractivity contribution in [3.05, 3.63) is 51.8 Å². The minimum absolute atomic E-state index is 0.161. The summed E-state index contributed by atoms with van der Waals surface area (Å²) in [6.07, 6.45) is 1.88. The van der Waals surface area contributed by atoms with Gasteiger partial charge in [-0.15, -0.1) is 23.1 Å². The van der Waals surface area contributed by atoms with Crippen molar-refractivity contribution in [3.8, 4) is 0 Å². The third kappa shape index (κ3) is 3.84. The van der Waals surface area contributed by atoms with Crippen LogP contribution in [0, 0.1) is 5.41 Å². The molecule has 0 saturated heterocycles. The molecule has 0 aliphatic heterocycles. The van der Waals surface area contributed by atoms with Crippen molar-refractivity contribution in [2.45, 2.75) is 9.10 Å². The van der Waals surface area contributed by atoms with Crippen molar-refractivity contribution < 1.29 is 8.42 Å². The zero-order valence-corrected chi connectivity index (χ0v) is 17.1. The molecule has 0 radical (unpaired) electrons. The van der Waals surface area contributed by atoms with E-state index in [0.29, 0.717) is 10.6 Å². The average Bonchev–Trinajstić information content (AvgIpc) is 2.96. The molecule has 0 fully saturated rings. The Bertz CT molecular complexity index is 1080. The van der Waals surface area contributed by atoms with Crippen LogP contribution in [0.4, 0.5) is 5.69 Å². The number of hydrogen-bond donors (Lipinski definition) is 3. The van der Waals surface area contributed by atoms with Crippen LogP contribution in [0.15, 0.2) is 56.0 Å². The van der Waals surface area contributed by atoms with Gasteiger partial charge in [-0.05, 0) is 47.4 Å². The second-order valence-electron chi connectivity index (χ2n) is 5.18. The van der Waals surface area contributed by atoms with E-state index in [1.807, 2.05) is 24.5 Å². The fraction of sp³-hybridized carbons (Fsp3) is 0.0625. The number of nitrogens with two attached hydrogens (primary N) is 1. The van der Waals surface area contributed by atoms with Crippen LogP contribution in [0.5, 0.6) is 0 Å². The van der Waals surface area contributed by atoms with Crippen LogP contribution in [0.2, 0.25) is 0 Å². The van der Waals surface area contributed by atoms with Gasteiger partial charge in [0.2, 0.25) is 0 Å². The molecule has 3 aromatic rings. The van der Waals surface area contributed by atoms with Gasteiger partial charge in [-0.2, -0.15) is 0 Å². The molecule has 25 heavy (non-hydrogen) atoms. The van der Waals surface area contributed by atoms with Gasteiger partial charge in [-0.25, -0.2) is 8.42 Å². The van der Waals surface area contributed by atoms with Gasteiger partial charge in [-0.1, -0.05) is 28.1 Å². The first kappa shape index (κ1) is 18.2. The van der Waals surface area contributed by atoms with Crippen molar-refractivity contribution in [1.82, 2.24) is 0 Å². The summed E-state index contributed by atoms with van der Waals surface area (Å²) in [5.41, 5.74) is 5.91. The highest BCUT2D eigenvalue weighted by Gasteiger charge is 2.20. The number of sulfonamides is 1. The molecule has 5 nitrogen and oxygen atoms in total. The van der Waals surface area contributed by atoms with Crippen LogP contribution in [-0.2, 0) is 10.0 Å². The first-order valence-corrected chi connectivity index (χ1v) is 11.4. The zero-order valence-electron chi connectivity index (χ0n) is 13.0. The van der Waals surface area contributed by atoms with E-state index >= 15 is 0 Å². The number of benzene rings is 2. The van der Waals surface area contributed by atoms with E-state index in [-0.39, 0.29) is 10.7 Å². The van der Waals surface area contributed by atoms with Gasteiger partial charge >= 0.3 is 0 Å². The number of amidine groups is 1. The lowest BCUT2D eigenvalue weighted by Gasteiger charge is -2.09. The molecule has 0 atom stereocenters. The topological polar surface area (TPSA) is 96.0 Å². The quantitative estimate of drug-likeness (QED) is 0.300. The molecular formula is C16H14BrN3O2S3. The minimum atomic E-state index is -3.78. The maximum Gasteiger partial charge on any atom is 0.261 e. The highest BCUT2D eigenvalue weighted by molar-refractivity contribution is 9.10. The van der Waals surface area contributed by atoms with Gasteiger partial charge in [0, 0.05) is 4.47 Å². The van der Waals surface area contributed by atoms with E-state index in [1.54, 1.807) is 24.3 Å². The van der Waals surface area contributed by atoms with Crippen LogP contribution < -0.4 is 10.5 Å². The van der Waals surface area contributed by atoms with Gasteiger partial charge in [0.25, 0.3) is 10.0 Å². The number of anilines is 1. The SMILES string of the molecule is CSc1cc(NS(=O)(=O)c2ccc3cc(Br)ccc3c2)c(C(=N)N)s1. The third-order valence-corrected chi connectivity index (χ3v) is 7.57. The van der Waals surface area contributed by atoms with E-state index in [2.05, 4.69) is 20.7 Å². The molecule has 1 heterocycles. The monoisotopic (exact) mass is 455 g/mol. The zero-order chi connectivity index (χ0) is 18.2. The van der Waals surface area contributed by atoms with E-state index in [1.165, 1.54) is 23.1 Å². The number of nitrogens with one attached hydrogen (secondary N) is 2. The Morgan fingerprint density at radius 1 is 1.20 bits per heavy atom. The Morgan fingerprint density at radius 3 is 2.56 bits per heavy atom. The van der Waals surface area contributed by atoms with Crippen molar-refractivity contribution in [3.63, 3.8) is 0 Å². The highest BCUT2D eigenvalue weighted by Crippen LogP contribution is 2.34. The van der Waals surface area contributed by atoms with Crippen LogP contribution in [-0.4, -0.2) is 20.5 Å². The maximum absolute atomic E-state index is 12.8. The van der Waals surface area contributed by atoms with Crippen LogP contribution >= 0.6 is 39.0 Å². The van der Waals surface area contributed by atoms with Crippen LogP contribution in [0.25, 0.3) is 10.8 Å². The standard InChI is InChI=1S/C16H14BrN3O2S3/c1-23-14-8-13(15(24-14)16(18)19)20-25(21,22)12-5-3-9-6-11(17)4-2-10(9)7-12/h2-8,20H,1H3,(H3,18,19). The molecule has 0 bridgehead atoms. The molecular weight excluding hydrogens is 442 g/mol. The molecule has 0 saturated carbocycles. The summed E-state index contributed by atoms with van der Waals surface area (Å²) in [6, 6.07) is 12.3. The molecule has 0 unspecified atom stereocenters. The summed E-state index contributed by atoms with van der Waals surface area (Å²) in [5.74, 6) is -0.161. The van der Waals surface area contributed by atoms with Gasteiger partial charge < -0.3 is 5.73 Å². The highest BCUT2D eigenvalue weighted by atomic mass is 79.9. The molecule has 130 valence electrons. The number of fused-ring (bicyclic) bond motifs is 1. The van der Waals surface area contributed by atoms with E-state index < -0.39 is 10.0 Å². The molecule has 0 spiro atoms. The smallest absolute Gasteiger partial charge is 0.261 e. The summed E-state index contributed by atoms with van der Waals surface area (Å²) >= 11 is 6.16. The van der Waals surface area contributed by atoms with Crippen LogP contribution in [0.1, 0.15) is 4.88 Å². The Kier molecular flexibility index (Phi) is 5.10. The number of nitrogen functional groups attached to an aromatic ring is 1. The van der Waals surface area contributed by atoms with E-state index in [4.69, 9.17) is 11.1 Å². The largest absolute Gasteiger partial charge is 0.383 e. The lowest BCUT2D eigenvalue weighted by Crippen LogP contribution is -2.17. The Morgan fingerprint density at radius 2 is 1.88 bits per heavy atom. The van der Waals surface area contributed by atoms with Crippen molar-refractivity contribution in [1.29, 1.82) is 5.41 Å². The normalized spacial score (nSPS) is 11.6. The molecule has 0 amide bonds. The Hall–Kier alpha value is -1.55. The van der Waals surface area contributed by atoms with Gasteiger partial charge in [0.05, 0.1) is 19.7 Å². The third-order valence-electron chi connectivity index (χ3n) is 3.48. The number of thiophene rings is 1. The van der Waals surface area contributed by atoms with Crippen molar-refractivity contribution >= 4 is 71.3 Å². The lowest BCUT2D eigenvalue weighted by molar-refractivity contribution is 0.601. The molecule has 0 aliphatic carbocycles. The van der Waals surface area contributed by atoms with Gasteiger partial charge in [0.1, 0.15) is 5.84 Å². The van der Waals surface area contributed by atoms with Gasteiger partial charge in [0.15, 0.2) is 0 Å². The Balaban J connectivity index is 2.01. The van der Waals surface area contributed by atoms with Crippen molar-refractivity contribution in [2.24, 2.45) is 5.73 Å². The number of rotatable bonds is 5. The average molecular weight is 456 g/mol. The number of thioether (sulfide) groups is 1. The predicted molar refractivity (Wildman–Crippen MR) is 110 cm³/mol. The van der Waals surface area contributed by atoms with Gasteiger partial charge in [-0.3, -0.25) is 10.1 Å². The summed E-state index contributed by atoms with van der Waals surface area (Å²) < 4.78 is 29.9. The predicted octanol–water partition coefficient (Wildman–Crippen LogP) is 4.47. The maximum atomic E-state index is 12.8. The minimum Gasteiger partial charge on any atom is -0.383 e. The molecule has 1 aromatic heterocycles. The first-order chi connectivity index (χ1) is 11.8. The molecule has 9 heteroatoms. The molecule has 2 aromatic carbocycles. The Labute approximate surface area is 162 Å².